The van der Waals surface area contributed by atoms with Gasteiger partial charge >= 0.3 is 0 Å². The molecule has 0 saturated heterocycles. The molecule has 4 aromatic carbocycles. The van der Waals surface area contributed by atoms with Gasteiger partial charge in [0.2, 0.25) is 0 Å². The molecular weight excluding hydrogens is 425 g/mol. The lowest BCUT2D eigenvalue weighted by Gasteiger charge is -2.12. The van der Waals surface area contributed by atoms with Gasteiger partial charge in [0.05, 0.1) is 10.0 Å². The second kappa shape index (κ2) is 8.39. The Morgan fingerprint density at radius 2 is 0.933 bits per heavy atom. The summed E-state index contributed by atoms with van der Waals surface area (Å²) in [5.74, 6) is -1.05. The number of carbonyl (C=O) groups is 1. The summed E-state index contributed by atoms with van der Waals surface area (Å²) in [7, 11) is 0. The van der Waals surface area contributed by atoms with Crippen molar-refractivity contribution in [2.45, 2.75) is 0 Å². The molecule has 1 nitrogen and oxygen atoms in total. The first-order valence-corrected chi connectivity index (χ1v) is 9.85. The summed E-state index contributed by atoms with van der Waals surface area (Å²) in [6.07, 6.45) is 0. The Morgan fingerprint density at radius 3 is 1.30 bits per heavy atom. The molecule has 0 heterocycles. The maximum atomic E-state index is 13.3. The van der Waals surface area contributed by atoms with Crippen LogP contribution in [0.25, 0.3) is 22.3 Å². The van der Waals surface area contributed by atoms with Crippen LogP contribution in [0, 0.1) is 11.6 Å². The van der Waals surface area contributed by atoms with Crippen molar-refractivity contribution < 1.29 is 13.6 Å². The van der Waals surface area contributed by atoms with Crippen LogP contribution >= 0.6 is 23.2 Å². The maximum Gasteiger partial charge on any atom is 0.196 e. The molecule has 4 aromatic rings. The maximum absolute atomic E-state index is 13.3. The Bertz CT molecular complexity index is 1140. The lowest BCUT2D eigenvalue weighted by Crippen LogP contribution is -2.04. The first-order valence-electron chi connectivity index (χ1n) is 9.09. The zero-order valence-corrected chi connectivity index (χ0v) is 17.0. The zero-order chi connectivity index (χ0) is 21.3. The van der Waals surface area contributed by atoms with E-state index in [4.69, 9.17) is 23.2 Å². The molecule has 0 fully saturated rings. The zero-order valence-electron chi connectivity index (χ0n) is 15.5. The van der Waals surface area contributed by atoms with Gasteiger partial charge in [0.25, 0.3) is 0 Å². The van der Waals surface area contributed by atoms with E-state index < -0.39 is 0 Å². The minimum absolute atomic E-state index is 0.261. The van der Waals surface area contributed by atoms with Crippen LogP contribution in [-0.4, -0.2) is 5.78 Å². The Balaban J connectivity index is 1.77. The van der Waals surface area contributed by atoms with E-state index in [-0.39, 0.29) is 38.6 Å². The normalized spacial score (nSPS) is 10.8. The molecule has 0 aromatic heterocycles. The number of ketones is 1. The van der Waals surface area contributed by atoms with Gasteiger partial charge in [-0.15, -0.1) is 0 Å². The number of hydrogen-bond donors (Lipinski definition) is 0. The highest BCUT2D eigenvalue weighted by Crippen LogP contribution is 2.36. The van der Waals surface area contributed by atoms with Gasteiger partial charge in [-0.2, -0.15) is 0 Å². The summed E-state index contributed by atoms with van der Waals surface area (Å²) in [6.45, 7) is 0. The summed E-state index contributed by atoms with van der Waals surface area (Å²) in [5.41, 5.74) is 3.21. The van der Waals surface area contributed by atoms with E-state index >= 15 is 0 Å². The van der Waals surface area contributed by atoms with Crippen LogP contribution in [0.4, 0.5) is 8.78 Å². The van der Waals surface area contributed by atoms with Crippen LogP contribution in [0.3, 0.4) is 0 Å². The minimum Gasteiger partial charge on any atom is -0.288 e. The predicted molar refractivity (Wildman–Crippen MR) is 117 cm³/mol. The van der Waals surface area contributed by atoms with Gasteiger partial charge in [0.1, 0.15) is 11.6 Å². The fourth-order valence-electron chi connectivity index (χ4n) is 3.26. The van der Waals surface area contributed by atoms with E-state index in [1.54, 1.807) is 60.7 Å². The molecule has 0 atom stereocenters. The van der Waals surface area contributed by atoms with E-state index in [0.29, 0.717) is 22.3 Å². The Kier molecular flexibility index (Phi) is 5.67. The van der Waals surface area contributed by atoms with E-state index in [0.717, 1.165) is 0 Å². The smallest absolute Gasteiger partial charge is 0.196 e. The van der Waals surface area contributed by atoms with E-state index in [1.807, 2.05) is 0 Å². The van der Waals surface area contributed by atoms with Crippen LogP contribution in [0.2, 0.25) is 10.0 Å². The largest absolute Gasteiger partial charge is 0.288 e. The third-order valence-corrected chi connectivity index (χ3v) is 5.61. The fourth-order valence-corrected chi connectivity index (χ4v) is 3.91. The molecular formula is C25H14Cl2F2O. The first-order chi connectivity index (χ1) is 14.5. The molecule has 0 bridgehead atoms. The van der Waals surface area contributed by atoms with Gasteiger partial charge in [-0.1, -0.05) is 71.7 Å². The van der Waals surface area contributed by atoms with Crippen molar-refractivity contribution in [3.05, 3.63) is 118 Å². The van der Waals surface area contributed by atoms with E-state index in [9.17, 15) is 13.6 Å². The Labute approximate surface area is 182 Å². The van der Waals surface area contributed by atoms with Crippen molar-refractivity contribution in [2.75, 3.05) is 0 Å². The van der Waals surface area contributed by atoms with Gasteiger partial charge < -0.3 is 0 Å². The molecule has 30 heavy (non-hydrogen) atoms. The summed E-state index contributed by atoms with van der Waals surface area (Å²) in [4.78, 5) is 13.3. The van der Waals surface area contributed by atoms with Crippen molar-refractivity contribution in [3.63, 3.8) is 0 Å². The van der Waals surface area contributed by atoms with Crippen LogP contribution in [-0.2, 0) is 0 Å². The number of halogens is 4. The number of rotatable bonds is 4. The van der Waals surface area contributed by atoms with Gasteiger partial charge in [-0.25, -0.2) is 8.78 Å². The highest BCUT2D eigenvalue weighted by molar-refractivity contribution is 6.40. The molecule has 0 spiro atoms. The molecule has 0 saturated carbocycles. The van der Waals surface area contributed by atoms with Crippen LogP contribution in [0.15, 0.2) is 84.9 Å². The molecule has 148 valence electrons. The lowest BCUT2D eigenvalue weighted by atomic mass is 9.95. The van der Waals surface area contributed by atoms with Gasteiger partial charge in [-0.3, -0.25) is 4.79 Å². The van der Waals surface area contributed by atoms with Crippen molar-refractivity contribution in [1.29, 1.82) is 0 Å². The third-order valence-electron chi connectivity index (χ3n) is 4.80. The van der Waals surface area contributed by atoms with Gasteiger partial charge in [0.15, 0.2) is 5.78 Å². The second-order valence-electron chi connectivity index (χ2n) is 6.68. The van der Waals surface area contributed by atoms with Gasteiger partial charge in [-0.05, 0) is 47.5 Å². The molecule has 5 heteroatoms. The van der Waals surface area contributed by atoms with Crippen molar-refractivity contribution in [1.82, 2.24) is 0 Å². The predicted octanol–water partition coefficient (Wildman–Crippen LogP) is 7.84. The third kappa shape index (κ3) is 3.87. The topological polar surface area (TPSA) is 17.1 Å². The van der Waals surface area contributed by atoms with Crippen molar-refractivity contribution in [2.24, 2.45) is 0 Å². The summed E-state index contributed by atoms with van der Waals surface area (Å²) < 4.78 is 26.5. The molecule has 0 amide bonds. The minimum atomic E-state index is -0.355. The van der Waals surface area contributed by atoms with Crippen molar-refractivity contribution in [3.8, 4) is 22.3 Å². The molecule has 0 aliphatic carbocycles. The number of hydrogen-bond acceptors (Lipinski definition) is 1. The molecule has 0 aliphatic rings. The fraction of sp³-hybridized carbons (Fsp3) is 0. The Hall–Kier alpha value is -3.01. The lowest BCUT2D eigenvalue weighted by molar-refractivity contribution is 0.103. The van der Waals surface area contributed by atoms with Crippen LogP contribution < -0.4 is 0 Å². The second-order valence-corrected chi connectivity index (χ2v) is 7.43. The molecule has 0 N–H and O–H groups in total. The van der Waals surface area contributed by atoms with Gasteiger partial charge in [0, 0.05) is 22.3 Å². The molecule has 0 aliphatic heterocycles. The monoisotopic (exact) mass is 438 g/mol. The van der Waals surface area contributed by atoms with Crippen LogP contribution in [0.1, 0.15) is 15.9 Å². The summed E-state index contributed by atoms with van der Waals surface area (Å²) >= 11 is 13.1. The van der Waals surface area contributed by atoms with E-state index in [1.165, 1.54) is 24.3 Å². The van der Waals surface area contributed by atoms with Crippen LogP contribution in [0.5, 0.6) is 0 Å². The molecule has 0 radical (unpaired) electrons. The number of benzene rings is 4. The Morgan fingerprint density at radius 1 is 0.567 bits per heavy atom. The SMILES string of the molecule is O=C(c1cccc(-c2ccc(F)cc2)c1Cl)c1cccc(-c2ccc(F)cc2)c1Cl. The molecule has 0 unspecified atom stereocenters. The highest BCUT2D eigenvalue weighted by atomic mass is 35.5. The molecule has 4 rings (SSSR count). The average Bonchev–Trinajstić information content (AvgIpc) is 2.75. The highest BCUT2D eigenvalue weighted by Gasteiger charge is 2.20. The van der Waals surface area contributed by atoms with E-state index in [2.05, 4.69) is 0 Å². The van der Waals surface area contributed by atoms with Crippen molar-refractivity contribution >= 4 is 29.0 Å². The first kappa shape index (κ1) is 20.3. The summed E-state index contributed by atoms with van der Waals surface area (Å²) in [6, 6.07) is 22.0. The number of carbonyl (C=O) groups excluding carboxylic acids is 1. The average molecular weight is 439 g/mol. The standard InChI is InChI=1S/C25H14Cl2F2O/c26-23-19(15-7-11-17(28)12-8-15)3-1-5-21(23)25(30)22-6-2-4-20(24(22)27)16-9-13-18(29)14-10-16/h1-14H. The quantitative estimate of drug-likeness (QED) is 0.296. The summed E-state index contributed by atoms with van der Waals surface area (Å²) in [5, 5.41) is 0.523.